The fourth-order valence-electron chi connectivity index (χ4n) is 7.15. The normalized spacial score (nSPS) is 21.2. The van der Waals surface area contributed by atoms with Crippen molar-refractivity contribution in [1.29, 1.82) is 0 Å². The molecule has 0 saturated carbocycles. The maximum Gasteiger partial charge on any atom is 0.0174 e. The number of fused-ring (bicyclic) bond motifs is 2. The largest absolute Gasteiger partial charge is 0.0801 e. The number of aryl methyl sites for hydroxylation is 2. The molecule has 182 valence electrons. The summed E-state index contributed by atoms with van der Waals surface area (Å²) in [6.45, 7) is 14.2. The molecule has 3 aliphatic carbocycles. The van der Waals surface area contributed by atoms with Crippen LogP contribution in [0, 0.1) is 5.41 Å². The number of rotatable bonds is 11. The van der Waals surface area contributed by atoms with Crippen molar-refractivity contribution < 1.29 is 0 Å². The molecule has 0 amide bonds. The van der Waals surface area contributed by atoms with Crippen molar-refractivity contribution in [2.45, 2.75) is 112 Å². The predicted molar refractivity (Wildman–Crippen MR) is 150 cm³/mol. The summed E-state index contributed by atoms with van der Waals surface area (Å²) in [5.74, 6) is 0. The molecule has 1 atom stereocenters. The smallest absolute Gasteiger partial charge is 0.0174 e. The first-order valence-electron chi connectivity index (χ1n) is 14.3. The molecule has 0 radical (unpaired) electrons. The molecule has 0 nitrogen and oxygen atoms in total. The van der Waals surface area contributed by atoms with Crippen molar-refractivity contribution in [2.75, 3.05) is 0 Å². The van der Waals surface area contributed by atoms with Gasteiger partial charge in [0.25, 0.3) is 0 Å². The van der Waals surface area contributed by atoms with E-state index in [2.05, 4.69) is 78.0 Å². The number of benzene rings is 1. The molecule has 34 heavy (non-hydrogen) atoms. The van der Waals surface area contributed by atoms with E-state index in [9.17, 15) is 0 Å². The van der Waals surface area contributed by atoms with Gasteiger partial charge in [-0.3, -0.25) is 0 Å². The van der Waals surface area contributed by atoms with E-state index in [1.54, 1.807) is 44.2 Å². The van der Waals surface area contributed by atoms with Gasteiger partial charge in [-0.1, -0.05) is 103 Å². The molecule has 1 unspecified atom stereocenters. The summed E-state index contributed by atoms with van der Waals surface area (Å²) in [5.41, 5.74) is 13.2. The summed E-state index contributed by atoms with van der Waals surface area (Å²) in [6, 6.07) is 5.03. The predicted octanol–water partition coefficient (Wildman–Crippen LogP) is 8.44. The monoisotopic (exact) mass is 454 g/mol. The Morgan fingerprint density at radius 1 is 0.853 bits per heavy atom. The van der Waals surface area contributed by atoms with Crippen LogP contribution >= 0.6 is 0 Å². The summed E-state index contributed by atoms with van der Waals surface area (Å²) >= 11 is 0. The molecule has 0 heterocycles. The van der Waals surface area contributed by atoms with E-state index < -0.39 is 0 Å². The van der Waals surface area contributed by atoms with Gasteiger partial charge in [0, 0.05) is 5.41 Å². The SMILES string of the molecule is CCCC1=C(CCC)C(CC)(CCC)C(C2=CC=CC2)=C2C=c3cc(CC)cc(CCC)c3=C21. The van der Waals surface area contributed by atoms with Crippen LogP contribution in [0.1, 0.15) is 110 Å². The van der Waals surface area contributed by atoms with E-state index in [4.69, 9.17) is 0 Å². The third-order valence-electron chi connectivity index (χ3n) is 8.42. The summed E-state index contributed by atoms with van der Waals surface area (Å²) in [5, 5.41) is 3.07. The third-order valence-corrected chi connectivity index (χ3v) is 8.42. The molecule has 0 bridgehead atoms. The zero-order valence-electron chi connectivity index (χ0n) is 22.7. The van der Waals surface area contributed by atoms with Crippen LogP contribution in [-0.2, 0) is 12.8 Å². The minimum atomic E-state index is 0.184. The Morgan fingerprint density at radius 2 is 1.62 bits per heavy atom. The second-order valence-electron chi connectivity index (χ2n) is 10.6. The van der Waals surface area contributed by atoms with Gasteiger partial charge in [0.2, 0.25) is 0 Å². The molecule has 0 spiro atoms. The Bertz CT molecular complexity index is 1180. The second-order valence-corrected chi connectivity index (χ2v) is 10.6. The van der Waals surface area contributed by atoms with Gasteiger partial charge in [-0.05, 0) is 100 Å². The van der Waals surface area contributed by atoms with Crippen molar-refractivity contribution in [2.24, 2.45) is 5.41 Å². The fraction of sp³-hybridized carbons (Fsp3) is 0.529. The molecule has 0 aliphatic heterocycles. The van der Waals surface area contributed by atoms with Gasteiger partial charge in [-0.2, -0.15) is 0 Å². The number of allylic oxidation sites excluding steroid dienone is 8. The standard InChI is InChI=1S/C34H46/c1-7-15-26-21-24(11-5)22-27-23-29-32(31(26)27)28(16-8-2)30(17-9-3)34(12-6,20-10-4)33(29)25-18-13-14-19-25/h13-14,18,21-23H,7-12,15-17,19-20H2,1-6H3. The van der Waals surface area contributed by atoms with Crippen LogP contribution in [0.4, 0.5) is 0 Å². The molecule has 3 aliphatic rings. The first kappa shape index (κ1) is 25.0. The van der Waals surface area contributed by atoms with Gasteiger partial charge < -0.3 is 0 Å². The van der Waals surface area contributed by atoms with Crippen molar-refractivity contribution in [3.63, 3.8) is 0 Å². The lowest BCUT2D eigenvalue weighted by molar-refractivity contribution is 0.358. The minimum Gasteiger partial charge on any atom is -0.0801 e. The molecular formula is C34H46. The van der Waals surface area contributed by atoms with Gasteiger partial charge in [0.05, 0.1) is 0 Å². The first-order chi connectivity index (χ1) is 16.6. The van der Waals surface area contributed by atoms with Crippen LogP contribution < -0.4 is 10.4 Å². The molecule has 0 heteroatoms. The van der Waals surface area contributed by atoms with Gasteiger partial charge >= 0.3 is 0 Å². The molecule has 1 aromatic carbocycles. The first-order valence-corrected chi connectivity index (χ1v) is 14.3. The molecule has 0 fully saturated rings. The quantitative estimate of drug-likeness (QED) is 0.315. The van der Waals surface area contributed by atoms with E-state index in [0.29, 0.717) is 0 Å². The van der Waals surface area contributed by atoms with Crippen LogP contribution in [0.5, 0.6) is 0 Å². The zero-order valence-corrected chi connectivity index (χ0v) is 22.7. The summed E-state index contributed by atoms with van der Waals surface area (Å²) in [4.78, 5) is 0. The average Bonchev–Trinajstić information content (AvgIpc) is 3.49. The van der Waals surface area contributed by atoms with Crippen LogP contribution in [0.3, 0.4) is 0 Å². The van der Waals surface area contributed by atoms with Crippen molar-refractivity contribution in [3.8, 4) is 0 Å². The van der Waals surface area contributed by atoms with Crippen LogP contribution in [0.25, 0.3) is 11.6 Å². The summed E-state index contributed by atoms with van der Waals surface area (Å²) in [6.07, 6.45) is 22.9. The second kappa shape index (κ2) is 10.7. The molecule has 4 rings (SSSR count). The third kappa shape index (κ3) is 4.02. The van der Waals surface area contributed by atoms with E-state index >= 15 is 0 Å². The lowest BCUT2D eigenvalue weighted by Gasteiger charge is -2.45. The number of hydrogen-bond acceptors (Lipinski definition) is 0. The molecule has 0 N–H and O–H groups in total. The van der Waals surface area contributed by atoms with Gasteiger partial charge in [-0.25, -0.2) is 0 Å². The Morgan fingerprint density at radius 3 is 2.21 bits per heavy atom. The lowest BCUT2D eigenvalue weighted by Crippen LogP contribution is -2.34. The van der Waals surface area contributed by atoms with E-state index in [-0.39, 0.29) is 5.41 Å². The zero-order chi connectivity index (χ0) is 24.3. The van der Waals surface area contributed by atoms with E-state index in [1.165, 1.54) is 68.6 Å². The van der Waals surface area contributed by atoms with Crippen LogP contribution in [0.15, 0.2) is 58.2 Å². The highest BCUT2D eigenvalue weighted by molar-refractivity contribution is 5.96. The van der Waals surface area contributed by atoms with Gasteiger partial charge in [0.15, 0.2) is 0 Å². The Labute approximate surface area is 208 Å². The highest BCUT2D eigenvalue weighted by atomic mass is 14.5. The average molecular weight is 455 g/mol. The Balaban J connectivity index is 2.19. The summed E-state index contributed by atoms with van der Waals surface area (Å²) < 4.78 is 0. The Hall–Kier alpha value is -2.08. The van der Waals surface area contributed by atoms with Gasteiger partial charge in [0.1, 0.15) is 0 Å². The lowest BCUT2D eigenvalue weighted by atomic mass is 9.58. The topological polar surface area (TPSA) is 0 Å². The van der Waals surface area contributed by atoms with E-state index in [0.717, 1.165) is 12.8 Å². The van der Waals surface area contributed by atoms with Crippen LogP contribution in [0.2, 0.25) is 0 Å². The highest BCUT2D eigenvalue weighted by Crippen LogP contribution is 2.58. The minimum absolute atomic E-state index is 0.184. The van der Waals surface area contributed by atoms with Crippen molar-refractivity contribution in [1.82, 2.24) is 0 Å². The van der Waals surface area contributed by atoms with Crippen molar-refractivity contribution >= 4 is 11.6 Å². The maximum atomic E-state index is 2.61. The summed E-state index contributed by atoms with van der Waals surface area (Å²) in [7, 11) is 0. The highest BCUT2D eigenvalue weighted by Gasteiger charge is 2.44. The molecule has 0 saturated heterocycles. The van der Waals surface area contributed by atoms with Crippen LogP contribution in [-0.4, -0.2) is 0 Å². The van der Waals surface area contributed by atoms with Crippen molar-refractivity contribution in [3.05, 3.63) is 79.8 Å². The van der Waals surface area contributed by atoms with Gasteiger partial charge in [-0.15, -0.1) is 0 Å². The molecular weight excluding hydrogens is 408 g/mol. The number of hydrogen-bond donors (Lipinski definition) is 0. The fourth-order valence-corrected chi connectivity index (χ4v) is 7.15. The maximum absolute atomic E-state index is 2.61. The van der Waals surface area contributed by atoms with E-state index in [1.807, 2.05) is 0 Å². The molecule has 0 aromatic heterocycles. The Kier molecular flexibility index (Phi) is 7.86. The molecule has 1 aromatic rings.